The SMILES string of the molecule is NCC1CCC(CNCCCNC2C[C@@H]3CCC2C3)CC1. The maximum absolute atomic E-state index is 5.76. The second-order valence-electron chi connectivity index (χ2n) is 7.92. The molecule has 0 aromatic carbocycles. The number of hydrogen-bond donors (Lipinski definition) is 3. The molecular weight excluding hydrogens is 258 g/mol. The van der Waals surface area contributed by atoms with Gasteiger partial charge in [-0.1, -0.05) is 6.42 Å². The zero-order valence-corrected chi connectivity index (χ0v) is 13.7. The molecule has 122 valence electrons. The van der Waals surface area contributed by atoms with Gasteiger partial charge in [0.1, 0.15) is 0 Å². The lowest BCUT2D eigenvalue weighted by Gasteiger charge is -2.27. The van der Waals surface area contributed by atoms with Crippen LogP contribution in [0.4, 0.5) is 0 Å². The third-order valence-corrected chi connectivity index (χ3v) is 6.41. The van der Waals surface area contributed by atoms with Crippen molar-refractivity contribution in [3.63, 3.8) is 0 Å². The van der Waals surface area contributed by atoms with Gasteiger partial charge in [-0.05, 0) is 101 Å². The number of nitrogens with two attached hydrogens (primary N) is 1. The summed E-state index contributed by atoms with van der Waals surface area (Å²) in [7, 11) is 0. The van der Waals surface area contributed by atoms with Crippen LogP contribution in [0.15, 0.2) is 0 Å². The second-order valence-corrected chi connectivity index (χ2v) is 7.92. The van der Waals surface area contributed by atoms with Crippen LogP contribution in [0, 0.1) is 23.7 Å². The lowest BCUT2D eigenvalue weighted by molar-refractivity contribution is 0.272. The molecule has 3 heteroatoms. The molecule has 0 radical (unpaired) electrons. The van der Waals surface area contributed by atoms with E-state index in [-0.39, 0.29) is 0 Å². The summed E-state index contributed by atoms with van der Waals surface area (Å²) in [5.41, 5.74) is 5.76. The average Bonchev–Trinajstić information content (AvgIpc) is 3.14. The van der Waals surface area contributed by atoms with E-state index in [2.05, 4.69) is 10.6 Å². The van der Waals surface area contributed by atoms with Gasteiger partial charge in [0.15, 0.2) is 0 Å². The van der Waals surface area contributed by atoms with Crippen molar-refractivity contribution >= 4 is 0 Å². The Labute approximate surface area is 130 Å². The van der Waals surface area contributed by atoms with Crippen LogP contribution in [0.3, 0.4) is 0 Å². The number of nitrogens with one attached hydrogen (secondary N) is 2. The molecule has 3 aliphatic rings. The van der Waals surface area contributed by atoms with Crippen LogP contribution in [0.2, 0.25) is 0 Å². The van der Waals surface area contributed by atoms with Gasteiger partial charge in [-0.3, -0.25) is 0 Å². The van der Waals surface area contributed by atoms with E-state index < -0.39 is 0 Å². The summed E-state index contributed by atoms with van der Waals surface area (Å²) in [4.78, 5) is 0. The average molecular weight is 293 g/mol. The van der Waals surface area contributed by atoms with Crippen LogP contribution in [0.5, 0.6) is 0 Å². The quantitative estimate of drug-likeness (QED) is 0.603. The third-order valence-electron chi connectivity index (χ3n) is 6.41. The van der Waals surface area contributed by atoms with E-state index in [9.17, 15) is 0 Å². The first-order valence-corrected chi connectivity index (χ1v) is 9.49. The molecule has 0 aromatic heterocycles. The van der Waals surface area contributed by atoms with Crippen molar-refractivity contribution in [2.75, 3.05) is 26.2 Å². The van der Waals surface area contributed by atoms with Crippen LogP contribution in [0.25, 0.3) is 0 Å². The molecule has 3 fully saturated rings. The molecule has 0 aromatic rings. The van der Waals surface area contributed by atoms with Crippen molar-refractivity contribution in [2.45, 2.75) is 63.8 Å². The molecule has 21 heavy (non-hydrogen) atoms. The number of fused-ring (bicyclic) bond motifs is 2. The van der Waals surface area contributed by atoms with Gasteiger partial charge in [-0.25, -0.2) is 0 Å². The summed E-state index contributed by atoms with van der Waals surface area (Å²) in [6.07, 6.45) is 12.7. The maximum atomic E-state index is 5.76. The van der Waals surface area contributed by atoms with E-state index in [1.807, 2.05) is 0 Å². The van der Waals surface area contributed by atoms with E-state index >= 15 is 0 Å². The molecule has 0 saturated heterocycles. The summed E-state index contributed by atoms with van der Waals surface area (Å²) in [5.74, 6) is 3.80. The molecule has 3 saturated carbocycles. The Morgan fingerprint density at radius 2 is 1.67 bits per heavy atom. The predicted octanol–water partition coefficient (Wildman–Crippen LogP) is 2.51. The molecule has 3 nitrogen and oxygen atoms in total. The molecular formula is C18H35N3. The Bertz CT molecular complexity index is 299. The molecule has 2 bridgehead atoms. The van der Waals surface area contributed by atoms with Crippen molar-refractivity contribution in [3.8, 4) is 0 Å². The lowest BCUT2D eigenvalue weighted by Crippen LogP contribution is -2.36. The highest BCUT2D eigenvalue weighted by Crippen LogP contribution is 2.44. The smallest absolute Gasteiger partial charge is 0.00980 e. The molecule has 0 spiro atoms. The van der Waals surface area contributed by atoms with Gasteiger partial charge in [-0.2, -0.15) is 0 Å². The normalized spacial score (nSPS) is 39.0. The van der Waals surface area contributed by atoms with E-state index in [4.69, 9.17) is 5.73 Å². The Morgan fingerprint density at radius 1 is 0.857 bits per heavy atom. The van der Waals surface area contributed by atoms with Crippen LogP contribution >= 0.6 is 0 Å². The topological polar surface area (TPSA) is 50.1 Å². The largest absolute Gasteiger partial charge is 0.330 e. The molecule has 4 N–H and O–H groups in total. The zero-order valence-electron chi connectivity index (χ0n) is 13.7. The summed E-state index contributed by atoms with van der Waals surface area (Å²) >= 11 is 0. The monoisotopic (exact) mass is 293 g/mol. The minimum atomic E-state index is 0.812. The number of rotatable bonds is 8. The summed E-state index contributed by atoms with van der Waals surface area (Å²) < 4.78 is 0. The zero-order chi connectivity index (χ0) is 14.5. The Kier molecular flexibility index (Phi) is 5.96. The van der Waals surface area contributed by atoms with Crippen LogP contribution in [0.1, 0.15) is 57.8 Å². The second kappa shape index (κ2) is 7.94. The third kappa shape index (κ3) is 4.43. The Morgan fingerprint density at radius 3 is 2.33 bits per heavy atom. The first kappa shape index (κ1) is 15.8. The Balaban J connectivity index is 1.17. The first-order chi connectivity index (χ1) is 10.3. The highest BCUT2D eigenvalue weighted by molar-refractivity contribution is 4.93. The number of hydrogen-bond acceptors (Lipinski definition) is 3. The highest BCUT2D eigenvalue weighted by atomic mass is 14.9. The molecule has 0 amide bonds. The van der Waals surface area contributed by atoms with E-state index in [1.54, 1.807) is 0 Å². The van der Waals surface area contributed by atoms with Gasteiger partial charge >= 0.3 is 0 Å². The fraction of sp³-hybridized carbons (Fsp3) is 1.00. The molecule has 0 aliphatic heterocycles. The van der Waals surface area contributed by atoms with Crippen molar-refractivity contribution in [3.05, 3.63) is 0 Å². The van der Waals surface area contributed by atoms with Crippen LogP contribution < -0.4 is 16.4 Å². The van der Waals surface area contributed by atoms with Crippen molar-refractivity contribution in [1.29, 1.82) is 0 Å². The first-order valence-electron chi connectivity index (χ1n) is 9.49. The molecule has 3 aliphatic carbocycles. The van der Waals surface area contributed by atoms with Gasteiger partial charge in [0.05, 0.1) is 0 Å². The van der Waals surface area contributed by atoms with E-state index in [0.29, 0.717) is 0 Å². The summed E-state index contributed by atoms with van der Waals surface area (Å²) in [5, 5.41) is 7.49. The van der Waals surface area contributed by atoms with Crippen LogP contribution in [-0.2, 0) is 0 Å². The lowest BCUT2D eigenvalue weighted by atomic mass is 9.82. The van der Waals surface area contributed by atoms with Crippen molar-refractivity contribution in [2.24, 2.45) is 29.4 Å². The molecule has 3 atom stereocenters. The maximum Gasteiger partial charge on any atom is 0.00980 e. The molecule has 3 rings (SSSR count). The minimum absolute atomic E-state index is 0.812. The molecule has 0 heterocycles. The van der Waals surface area contributed by atoms with Crippen molar-refractivity contribution in [1.82, 2.24) is 10.6 Å². The van der Waals surface area contributed by atoms with Gasteiger partial charge < -0.3 is 16.4 Å². The van der Waals surface area contributed by atoms with Crippen LogP contribution in [-0.4, -0.2) is 32.2 Å². The predicted molar refractivity (Wildman–Crippen MR) is 89.2 cm³/mol. The Hall–Kier alpha value is -0.120. The minimum Gasteiger partial charge on any atom is -0.330 e. The van der Waals surface area contributed by atoms with Gasteiger partial charge in [0.25, 0.3) is 0 Å². The fourth-order valence-corrected chi connectivity index (χ4v) is 4.97. The summed E-state index contributed by atoms with van der Waals surface area (Å²) in [6, 6.07) is 0.857. The fourth-order valence-electron chi connectivity index (χ4n) is 4.97. The van der Waals surface area contributed by atoms with Gasteiger partial charge in [0.2, 0.25) is 0 Å². The molecule has 2 unspecified atom stereocenters. The van der Waals surface area contributed by atoms with Gasteiger partial charge in [-0.15, -0.1) is 0 Å². The van der Waals surface area contributed by atoms with Gasteiger partial charge in [0, 0.05) is 6.04 Å². The van der Waals surface area contributed by atoms with E-state index in [1.165, 1.54) is 77.4 Å². The summed E-state index contributed by atoms with van der Waals surface area (Å²) in [6.45, 7) is 4.52. The van der Waals surface area contributed by atoms with E-state index in [0.717, 1.165) is 36.3 Å². The standard InChI is InChI=1S/C18H35N3/c19-12-14-2-4-15(5-3-14)13-20-8-1-9-21-18-11-16-6-7-17(18)10-16/h14-18,20-21H,1-13,19H2/t14?,15?,16-,17?,18?/m1/s1. The van der Waals surface area contributed by atoms with Crippen molar-refractivity contribution < 1.29 is 0 Å². The highest BCUT2D eigenvalue weighted by Gasteiger charge is 2.38.